The molecule has 4 fully saturated rings. The Hall–Kier alpha value is -5.58. The van der Waals surface area contributed by atoms with E-state index in [0.717, 1.165) is 69.2 Å². The number of hydrogen-bond acceptors (Lipinski definition) is 27. The molecule has 27 heteroatoms. The van der Waals surface area contributed by atoms with Gasteiger partial charge in [-0.2, -0.15) is 0 Å². The van der Waals surface area contributed by atoms with Crippen LogP contribution in [0.25, 0.3) is 0 Å². The Kier molecular flexibility index (Phi) is 19.7. The standard InChI is InChI=1S/C40H54O27/c1-15(41)51-11-26-31(58-19(5)45)36(62-23(9)49)40(66-26)67-32-28(65-38-34(60-21(7)47)29(56-17(3)43)25(12-53-38)55-16(2)42)14-54-39(35(32)61-22(8)48)64-27-13-52-37(63-24(10)50)33(59-20(6)46)30(27)57-18(4)44/h25-40H,11-14H2,1-10H3/t25-,26+,27-,28-,29+,30+,31+,32+,33-,34-,35-,36-,37+,38+,39+,40+/m1/s1. The smallest absolute Gasteiger partial charge is 0.305 e. The average molecular weight is 967 g/mol. The van der Waals surface area contributed by atoms with Crippen LogP contribution >= 0.6 is 0 Å². The fraction of sp³-hybridized carbons (Fsp3) is 0.750. The first-order chi connectivity index (χ1) is 31.4. The van der Waals surface area contributed by atoms with Crippen LogP contribution < -0.4 is 0 Å². The summed E-state index contributed by atoms with van der Waals surface area (Å²) in [7, 11) is 0. The Morgan fingerprint density at radius 2 is 0.657 bits per heavy atom. The van der Waals surface area contributed by atoms with Gasteiger partial charge in [-0.05, 0) is 0 Å². The lowest BCUT2D eigenvalue weighted by atomic mass is 10.0. The van der Waals surface area contributed by atoms with Crippen molar-refractivity contribution < 1.29 is 128 Å². The van der Waals surface area contributed by atoms with Gasteiger partial charge in [0, 0.05) is 69.2 Å². The first kappa shape index (κ1) is 54.0. The molecule has 16 atom stereocenters. The predicted octanol–water partition coefficient (Wildman–Crippen LogP) is -1.48. The Labute approximate surface area is 381 Å². The second-order valence-electron chi connectivity index (χ2n) is 15.2. The van der Waals surface area contributed by atoms with Gasteiger partial charge in [0.05, 0.1) is 19.8 Å². The third-order valence-corrected chi connectivity index (χ3v) is 9.49. The number of hydrogen-bond donors (Lipinski definition) is 0. The molecule has 0 aliphatic carbocycles. The van der Waals surface area contributed by atoms with Crippen molar-refractivity contribution in [3.63, 3.8) is 0 Å². The van der Waals surface area contributed by atoms with Crippen molar-refractivity contribution in [1.82, 2.24) is 0 Å². The number of carbonyl (C=O) groups excluding carboxylic acids is 10. The van der Waals surface area contributed by atoms with Crippen LogP contribution in [0.15, 0.2) is 0 Å². The topological polar surface area (TPSA) is 328 Å². The molecule has 4 aliphatic heterocycles. The molecule has 0 aromatic heterocycles. The molecule has 27 nitrogen and oxygen atoms in total. The fourth-order valence-electron chi connectivity index (χ4n) is 7.35. The molecule has 0 unspecified atom stereocenters. The van der Waals surface area contributed by atoms with Crippen LogP contribution in [0, 0.1) is 0 Å². The molecular weight excluding hydrogens is 912 g/mol. The summed E-state index contributed by atoms with van der Waals surface area (Å²) in [4.78, 5) is 123. The molecule has 0 spiro atoms. The van der Waals surface area contributed by atoms with E-state index in [1.165, 1.54) is 0 Å². The fourth-order valence-corrected chi connectivity index (χ4v) is 7.35. The van der Waals surface area contributed by atoms with Crippen LogP contribution in [0.1, 0.15) is 69.2 Å². The van der Waals surface area contributed by atoms with Gasteiger partial charge in [-0.3, -0.25) is 47.9 Å². The SMILES string of the molecule is CC(=O)OC[C@@H]1O[C@@H](O[C@@H]2[C@@H](OC(C)=O)[C@H](O[C@@H]3CO[C@@H](OC(C)=O)[C@H](OC(C)=O)[C@H]3OC(C)=O)OC[C@H]2O[C@@H]2OC[C@@H](OC(C)=O)[C@H](OC(C)=O)[C@H]2OC(C)=O)[C@H](OC(C)=O)[C@H]1OC(C)=O. The van der Waals surface area contributed by atoms with Crippen molar-refractivity contribution in [3.8, 4) is 0 Å². The van der Waals surface area contributed by atoms with E-state index in [0.29, 0.717) is 0 Å². The van der Waals surface area contributed by atoms with Gasteiger partial charge < -0.3 is 80.5 Å². The molecular formula is C40H54O27. The zero-order valence-electron chi connectivity index (χ0n) is 38.1. The molecule has 376 valence electrons. The molecule has 0 aromatic rings. The molecule has 0 aromatic carbocycles. The maximum absolute atomic E-state index is 13.0. The van der Waals surface area contributed by atoms with E-state index in [1.807, 2.05) is 0 Å². The van der Waals surface area contributed by atoms with Crippen LogP contribution in [0.4, 0.5) is 0 Å². The Morgan fingerprint density at radius 3 is 1.09 bits per heavy atom. The molecule has 4 heterocycles. The van der Waals surface area contributed by atoms with E-state index in [-0.39, 0.29) is 0 Å². The minimum absolute atomic E-state index is 0.503. The largest absolute Gasteiger partial charge is 0.463 e. The summed E-state index contributed by atoms with van der Waals surface area (Å²) in [6, 6.07) is 0. The quantitative estimate of drug-likeness (QED) is 0.118. The van der Waals surface area contributed by atoms with Crippen LogP contribution in [0.2, 0.25) is 0 Å². The van der Waals surface area contributed by atoms with Crippen molar-refractivity contribution in [1.29, 1.82) is 0 Å². The maximum Gasteiger partial charge on any atom is 0.305 e. The van der Waals surface area contributed by atoms with Gasteiger partial charge >= 0.3 is 59.7 Å². The minimum atomic E-state index is -1.83. The van der Waals surface area contributed by atoms with Crippen molar-refractivity contribution in [2.75, 3.05) is 26.4 Å². The monoisotopic (exact) mass is 966 g/mol. The second-order valence-corrected chi connectivity index (χ2v) is 15.2. The van der Waals surface area contributed by atoms with E-state index in [9.17, 15) is 47.9 Å². The highest BCUT2D eigenvalue weighted by atomic mass is 16.8. The van der Waals surface area contributed by atoms with Crippen molar-refractivity contribution in [2.45, 2.75) is 168 Å². The first-order valence-corrected chi connectivity index (χ1v) is 20.6. The molecule has 0 radical (unpaired) electrons. The van der Waals surface area contributed by atoms with E-state index in [4.69, 9.17) is 80.5 Å². The van der Waals surface area contributed by atoms with Gasteiger partial charge in [0.1, 0.15) is 31.0 Å². The van der Waals surface area contributed by atoms with E-state index in [1.54, 1.807) is 0 Å². The highest BCUT2D eigenvalue weighted by Gasteiger charge is 2.58. The lowest BCUT2D eigenvalue weighted by Gasteiger charge is -2.47. The summed E-state index contributed by atoms with van der Waals surface area (Å²) < 4.78 is 96.8. The Bertz CT molecular complexity index is 1830. The third-order valence-electron chi connectivity index (χ3n) is 9.49. The predicted molar refractivity (Wildman–Crippen MR) is 205 cm³/mol. The van der Waals surface area contributed by atoms with Gasteiger partial charge in [0.2, 0.25) is 12.4 Å². The second kappa shape index (κ2) is 24.4. The normalized spacial score (nSPS) is 33.6. The van der Waals surface area contributed by atoms with Gasteiger partial charge in [-0.25, -0.2) is 0 Å². The van der Waals surface area contributed by atoms with Gasteiger partial charge in [0.25, 0.3) is 0 Å². The van der Waals surface area contributed by atoms with Crippen LogP contribution in [0.3, 0.4) is 0 Å². The lowest BCUT2D eigenvalue weighted by molar-refractivity contribution is -0.363. The van der Waals surface area contributed by atoms with E-state index >= 15 is 0 Å². The summed E-state index contributed by atoms with van der Waals surface area (Å²) >= 11 is 0. The average Bonchev–Trinajstić information content (AvgIpc) is 3.49. The Morgan fingerprint density at radius 1 is 0.328 bits per heavy atom. The molecule has 0 bridgehead atoms. The summed E-state index contributed by atoms with van der Waals surface area (Å²) in [5, 5.41) is 0. The highest BCUT2D eigenvalue weighted by molar-refractivity contribution is 5.70. The van der Waals surface area contributed by atoms with Crippen LogP contribution in [-0.4, -0.2) is 185 Å². The number of carbonyl (C=O) groups is 10. The number of ether oxygens (including phenoxy) is 17. The summed E-state index contributed by atoms with van der Waals surface area (Å²) in [5.74, 6) is -8.86. The Balaban J connectivity index is 1.83. The molecule has 0 N–H and O–H groups in total. The highest BCUT2D eigenvalue weighted by Crippen LogP contribution is 2.37. The van der Waals surface area contributed by atoms with Crippen LogP contribution in [0.5, 0.6) is 0 Å². The molecule has 4 aliphatic rings. The van der Waals surface area contributed by atoms with Crippen molar-refractivity contribution in [2.24, 2.45) is 0 Å². The summed E-state index contributed by atoms with van der Waals surface area (Å²) in [5.41, 5.74) is 0. The molecule has 4 rings (SSSR count). The molecule has 0 amide bonds. The van der Waals surface area contributed by atoms with Gasteiger partial charge in [0.15, 0.2) is 61.6 Å². The van der Waals surface area contributed by atoms with E-state index < -0.39 is 185 Å². The maximum atomic E-state index is 13.0. The van der Waals surface area contributed by atoms with E-state index in [2.05, 4.69) is 0 Å². The van der Waals surface area contributed by atoms with Crippen LogP contribution in [-0.2, 0) is 128 Å². The zero-order chi connectivity index (χ0) is 49.9. The first-order valence-electron chi connectivity index (χ1n) is 20.6. The molecule has 4 saturated heterocycles. The number of esters is 10. The minimum Gasteiger partial charge on any atom is -0.463 e. The van der Waals surface area contributed by atoms with Crippen molar-refractivity contribution in [3.05, 3.63) is 0 Å². The molecule has 0 saturated carbocycles. The summed E-state index contributed by atoms with van der Waals surface area (Å²) in [6.07, 6.45) is -25.8. The third kappa shape index (κ3) is 15.8. The van der Waals surface area contributed by atoms with Crippen molar-refractivity contribution >= 4 is 59.7 Å². The zero-order valence-corrected chi connectivity index (χ0v) is 38.1. The number of rotatable bonds is 17. The van der Waals surface area contributed by atoms with Gasteiger partial charge in [-0.1, -0.05) is 0 Å². The summed E-state index contributed by atoms with van der Waals surface area (Å²) in [6.45, 7) is 8.11. The molecule has 67 heavy (non-hydrogen) atoms. The lowest BCUT2D eigenvalue weighted by Crippen LogP contribution is -2.64. The van der Waals surface area contributed by atoms with Gasteiger partial charge in [-0.15, -0.1) is 0 Å².